The maximum atomic E-state index is 5.33. The van der Waals surface area contributed by atoms with Crippen LogP contribution in [-0.2, 0) is 12.0 Å². The van der Waals surface area contributed by atoms with Crippen LogP contribution in [0.25, 0.3) is 0 Å². The number of nitrogens with one attached hydrogen (secondary N) is 1. The van der Waals surface area contributed by atoms with Gasteiger partial charge in [-0.1, -0.05) is 19.9 Å². The molecule has 0 saturated heterocycles. The van der Waals surface area contributed by atoms with Crippen molar-refractivity contribution in [2.75, 3.05) is 13.7 Å². The van der Waals surface area contributed by atoms with E-state index in [1.165, 1.54) is 10.4 Å². The minimum atomic E-state index is 0.148. The van der Waals surface area contributed by atoms with Gasteiger partial charge in [-0.25, -0.2) is 0 Å². The molecule has 1 aromatic carbocycles. The molecule has 0 bridgehead atoms. The molecule has 0 saturated carbocycles. The molecule has 0 radical (unpaired) electrons. The van der Waals surface area contributed by atoms with Crippen molar-refractivity contribution in [1.29, 1.82) is 0 Å². The van der Waals surface area contributed by atoms with Gasteiger partial charge in [0.05, 0.1) is 16.1 Å². The van der Waals surface area contributed by atoms with Gasteiger partial charge in [-0.2, -0.15) is 0 Å². The summed E-state index contributed by atoms with van der Waals surface area (Å²) in [6.45, 7) is 6.31. The van der Waals surface area contributed by atoms with E-state index in [1.54, 1.807) is 7.11 Å². The monoisotopic (exact) mass is 431 g/mol. The van der Waals surface area contributed by atoms with Gasteiger partial charge in [0.25, 0.3) is 0 Å². The molecule has 0 aliphatic carbocycles. The Hall–Kier alpha value is -0.360. The van der Waals surface area contributed by atoms with Crippen LogP contribution in [-0.4, -0.2) is 13.7 Å². The molecular weight excluding hydrogens is 414 g/mol. The molecule has 2 rings (SSSR count). The van der Waals surface area contributed by atoms with Crippen molar-refractivity contribution in [3.05, 3.63) is 49.0 Å². The summed E-state index contributed by atoms with van der Waals surface area (Å²) in [7, 11) is 1.67. The molecule has 0 atom stereocenters. The predicted molar refractivity (Wildman–Crippen MR) is 97.4 cm³/mol. The van der Waals surface area contributed by atoms with Gasteiger partial charge in [0, 0.05) is 23.4 Å². The molecular formula is C16H19Br2NOS. The van der Waals surface area contributed by atoms with Crippen LogP contribution in [0.4, 0.5) is 0 Å². The first-order valence-corrected chi connectivity index (χ1v) is 9.17. The molecule has 0 fully saturated rings. The molecule has 0 aliphatic heterocycles. The maximum Gasteiger partial charge on any atom is 0.147 e. The van der Waals surface area contributed by atoms with E-state index in [4.69, 9.17) is 4.74 Å². The van der Waals surface area contributed by atoms with E-state index in [-0.39, 0.29) is 5.41 Å². The quantitative estimate of drug-likeness (QED) is 0.664. The molecule has 1 aromatic heterocycles. The summed E-state index contributed by atoms with van der Waals surface area (Å²) < 4.78 is 7.26. The Labute approximate surface area is 147 Å². The highest BCUT2D eigenvalue weighted by molar-refractivity contribution is 9.11. The molecule has 1 N–H and O–H groups in total. The number of hydrogen-bond donors (Lipinski definition) is 1. The average molecular weight is 433 g/mol. The SMILES string of the molecule is COc1c(Br)cc(CNCC(C)(C)c2cccs2)cc1Br. The summed E-state index contributed by atoms with van der Waals surface area (Å²) >= 11 is 8.89. The highest BCUT2D eigenvalue weighted by Gasteiger charge is 2.21. The van der Waals surface area contributed by atoms with E-state index in [9.17, 15) is 0 Å². The van der Waals surface area contributed by atoms with Gasteiger partial charge < -0.3 is 10.1 Å². The van der Waals surface area contributed by atoms with Crippen LogP contribution in [0.3, 0.4) is 0 Å². The van der Waals surface area contributed by atoms with Crippen molar-refractivity contribution in [2.45, 2.75) is 25.8 Å². The molecule has 0 unspecified atom stereocenters. The van der Waals surface area contributed by atoms with Gasteiger partial charge in [-0.15, -0.1) is 11.3 Å². The van der Waals surface area contributed by atoms with E-state index in [2.05, 4.69) is 80.7 Å². The lowest BCUT2D eigenvalue weighted by atomic mass is 9.91. The predicted octanol–water partition coefficient (Wildman–Crippen LogP) is 5.35. The van der Waals surface area contributed by atoms with Crippen molar-refractivity contribution in [1.82, 2.24) is 5.32 Å². The summed E-state index contributed by atoms with van der Waals surface area (Å²) in [4.78, 5) is 1.41. The van der Waals surface area contributed by atoms with Gasteiger partial charge in [0.2, 0.25) is 0 Å². The molecule has 2 nitrogen and oxygen atoms in total. The highest BCUT2D eigenvalue weighted by atomic mass is 79.9. The van der Waals surface area contributed by atoms with Crippen LogP contribution < -0.4 is 10.1 Å². The maximum absolute atomic E-state index is 5.33. The minimum absolute atomic E-state index is 0.148. The third-order valence-corrected chi connectivity index (χ3v) is 5.76. The van der Waals surface area contributed by atoms with Crippen molar-refractivity contribution in [3.63, 3.8) is 0 Å². The first-order chi connectivity index (χ1) is 9.94. The molecule has 1 heterocycles. The normalized spacial score (nSPS) is 11.7. The van der Waals surface area contributed by atoms with Crippen molar-refractivity contribution in [3.8, 4) is 5.75 Å². The zero-order chi connectivity index (χ0) is 15.5. The Morgan fingerprint density at radius 1 is 1.24 bits per heavy atom. The van der Waals surface area contributed by atoms with Crippen LogP contribution in [0.2, 0.25) is 0 Å². The van der Waals surface area contributed by atoms with Crippen molar-refractivity contribution < 1.29 is 4.74 Å². The lowest BCUT2D eigenvalue weighted by molar-refractivity contribution is 0.409. The fourth-order valence-corrected chi connectivity index (χ4v) is 4.64. The molecule has 2 aromatic rings. The first-order valence-electron chi connectivity index (χ1n) is 6.70. The molecule has 21 heavy (non-hydrogen) atoms. The second kappa shape index (κ2) is 7.27. The lowest BCUT2D eigenvalue weighted by Gasteiger charge is -2.24. The van der Waals surface area contributed by atoms with Gasteiger partial charge >= 0.3 is 0 Å². The number of methoxy groups -OCH3 is 1. The second-order valence-electron chi connectivity index (χ2n) is 5.56. The molecule has 5 heteroatoms. The standard InChI is InChI=1S/C16H19Br2NOS/c1-16(2,14-5-4-6-21-14)10-19-9-11-7-12(17)15(20-3)13(18)8-11/h4-8,19H,9-10H2,1-3H3. The molecule has 0 aliphatic rings. The van der Waals surface area contributed by atoms with Crippen LogP contribution in [0, 0.1) is 0 Å². The summed E-state index contributed by atoms with van der Waals surface area (Å²) in [5.41, 5.74) is 1.37. The fourth-order valence-electron chi connectivity index (χ4n) is 2.18. The molecule has 0 amide bonds. The van der Waals surface area contributed by atoms with Gasteiger partial charge in [-0.05, 0) is 61.0 Å². The van der Waals surface area contributed by atoms with Gasteiger partial charge in [0.1, 0.15) is 5.75 Å². The minimum Gasteiger partial charge on any atom is -0.494 e. The summed E-state index contributed by atoms with van der Waals surface area (Å²) in [5.74, 6) is 0.831. The van der Waals surface area contributed by atoms with Crippen molar-refractivity contribution in [2.24, 2.45) is 0 Å². The summed E-state index contributed by atoms with van der Waals surface area (Å²) in [6, 6.07) is 8.50. The average Bonchev–Trinajstić information content (AvgIpc) is 2.92. The van der Waals surface area contributed by atoms with Crippen LogP contribution in [0.5, 0.6) is 5.75 Å². The van der Waals surface area contributed by atoms with E-state index in [0.717, 1.165) is 27.8 Å². The highest BCUT2D eigenvalue weighted by Crippen LogP contribution is 2.34. The largest absolute Gasteiger partial charge is 0.494 e. The Morgan fingerprint density at radius 3 is 2.43 bits per heavy atom. The van der Waals surface area contributed by atoms with Crippen molar-refractivity contribution >= 4 is 43.2 Å². The van der Waals surface area contributed by atoms with E-state index in [0.29, 0.717) is 0 Å². The number of rotatable bonds is 6. The topological polar surface area (TPSA) is 21.3 Å². The van der Waals surface area contributed by atoms with E-state index < -0.39 is 0 Å². The first kappa shape index (κ1) is 17.0. The third kappa shape index (κ3) is 4.31. The zero-order valence-corrected chi connectivity index (χ0v) is 16.4. The third-order valence-electron chi connectivity index (χ3n) is 3.35. The summed E-state index contributed by atoms with van der Waals surface area (Å²) in [5, 5.41) is 5.68. The van der Waals surface area contributed by atoms with Crippen LogP contribution in [0.15, 0.2) is 38.6 Å². The zero-order valence-electron chi connectivity index (χ0n) is 12.4. The Kier molecular flexibility index (Phi) is 5.88. The molecule has 0 spiro atoms. The number of thiophene rings is 1. The number of ether oxygens (including phenoxy) is 1. The lowest BCUT2D eigenvalue weighted by Crippen LogP contribution is -2.31. The Bertz CT molecular complexity index is 573. The smallest absolute Gasteiger partial charge is 0.147 e. The molecule has 114 valence electrons. The van der Waals surface area contributed by atoms with Gasteiger partial charge in [0.15, 0.2) is 0 Å². The Morgan fingerprint density at radius 2 is 1.90 bits per heavy atom. The second-order valence-corrected chi connectivity index (χ2v) is 8.21. The number of hydrogen-bond acceptors (Lipinski definition) is 3. The van der Waals surface area contributed by atoms with E-state index >= 15 is 0 Å². The number of benzene rings is 1. The fraction of sp³-hybridized carbons (Fsp3) is 0.375. The van der Waals surface area contributed by atoms with Crippen LogP contribution >= 0.6 is 43.2 Å². The van der Waals surface area contributed by atoms with Gasteiger partial charge in [-0.3, -0.25) is 0 Å². The van der Waals surface area contributed by atoms with E-state index in [1.807, 2.05) is 11.3 Å². The Balaban J connectivity index is 1.98. The number of halogens is 2. The summed E-state index contributed by atoms with van der Waals surface area (Å²) in [6.07, 6.45) is 0. The van der Waals surface area contributed by atoms with Crippen LogP contribution in [0.1, 0.15) is 24.3 Å².